The predicted octanol–water partition coefficient (Wildman–Crippen LogP) is 1.47. The number of rotatable bonds is 4. The molecular weight excluding hydrogens is 226 g/mol. The molecule has 0 unspecified atom stereocenters. The third kappa shape index (κ3) is 3.57. The Kier molecular flexibility index (Phi) is 4.36. The second kappa shape index (κ2) is 6.00. The minimum absolute atomic E-state index is 0.349. The molecular formula is C13H23N5. The number of nitrogens with one attached hydrogen (secondary N) is 1. The van der Waals surface area contributed by atoms with E-state index in [1.807, 2.05) is 6.07 Å². The number of nitrogens with zero attached hydrogens (tertiary/aromatic N) is 3. The molecule has 2 heterocycles. The molecule has 1 aromatic heterocycles. The van der Waals surface area contributed by atoms with Crippen molar-refractivity contribution in [3.05, 3.63) is 12.4 Å². The lowest BCUT2D eigenvalue weighted by atomic mass is 10.1. The van der Waals surface area contributed by atoms with E-state index in [0.717, 1.165) is 44.1 Å². The quantitative estimate of drug-likeness (QED) is 0.846. The maximum absolute atomic E-state index is 5.91. The molecule has 0 radical (unpaired) electrons. The van der Waals surface area contributed by atoms with E-state index in [2.05, 4.69) is 34.0 Å². The highest BCUT2D eigenvalue weighted by Gasteiger charge is 2.17. The van der Waals surface area contributed by atoms with E-state index in [1.54, 1.807) is 6.33 Å². The normalized spacial score (nSPS) is 17.2. The summed E-state index contributed by atoms with van der Waals surface area (Å²) in [6, 6.07) is 2.38. The summed E-state index contributed by atoms with van der Waals surface area (Å²) in [6.07, 6.45) is 3.71. The lowest BCUT2D eigenvalue weighted by Gasteiger charge is -2.31. The number of aromatic nitrogens is 2. The molecule has 0 atom stereocenters. The average Bonchev–Trinajstić information content (AvgIpc) is 2.37. The highest BCUT2D eigenvalue weighted by Crippen LogP contribution is 2.18. The van der Waals surface area contributed by atoms with Crippen molar-refractivity contribution in [2.45, 2.75) is 32.7 Å². The van der Waals surface area contributed by atoms with Crippen molar-refractivity contribution in [3.8, 4) is 0 Å². The van der Waals surface area contributed by atoms with Crippen LogP contribution in [0.4, 0.5) is 11.6 Å². The van der Waals surface area contributed by atoms with E-state index >= 15 is 0 Å². The van der Waals surface area contributed by atoms with Crippen molar-refractivity contribution < 1.29 is 0 Å². The van der Waals surface area contributed by atoms with Crippen LogP contribution >= 0.6 is 0 Å². The molecule has 0 bridgehead atoms. The van der Waals surface area contributed by atoms with Crippen LogP contribution in [-0.4, -0.2) is 35.6 Å². The van der Waals surface area contributed by atoms with Gasteiger partial charge in [0, 0.05) is 31.7 Å². The molecule has 0 spiro atoms. The summed E-state index contributed by atoms with van der Waals surface area (Å²) in [5.74, 6) is 2.52. The largest absolute Gasteiger partial charge is 0.370 e. The highest BCUT2D eigenvalue weighted by molar-refractivity contribution is 5.48. The summed E-state index contributed by atoms with van der Waals surface area (Å²) in [7, 11) is 0. The molecule has 5 nitrogen and oxygen atoms in total. The third-order valence-electron chi connectivity index (χ3n) is 3.21. The Balaban J connectivity index is 1.98. The lowest BCUT2D eigenvalue weighted by Crippen LogP contribution is -2.40. The molecule has 0 aromatic carbocycles. The van der Waals surface area contributed by atoms with Gasteiger partial charge < -0.3 is 16.0 Å². The van der Waals surface area contributed by atoms with Gasteiger partial charge in [-0.15, -0.1) is 0 Å². The van der Waals surface area contributed by atoms with Crippen molar-refractivity contribution in [2.24, 2.45) is 11.7 Å². The fraction of sp³-hybridized carbons (Fsp3) is 0.692. The van der Waals surface area contributed by atoms with Crippen LogP contribution in [0.2, 0.25) is 0 Å². The van der Waals surface area contributed by atoms with Crippen LogP contribution in [-0.2, 0) is 0 Å². The molecule has 2 rings (SSSR count). The van der Waals surface area contributed by atoms with E-state index in [0.29, 0.717) is 12.0 Å². The second-order valence-electron chi connectivity index (χ2n) is 5.36. The Morgan fingerprint density at radius 1 is 1.39 bits per heavy atom. The topological polar surface area (TPSA) is 67.1 Å². The summed E-state index contributed by atoms with van der Waals surface area (Å²) in [4.78, 5) is 10.9. The Labute approximate surface area is 109 Å². The SMILES string of the molecule is CC(C)CNc1cc(N2CCC(N)CC2)ncn1. The Bertz CT molecular complexity index is 371. The van der Waals surface area contributed by atoms with Crippen LogP contribution < -0.4 is 16.0 Å². The molecule has 0 aliphatic carbocycles. The van der Waals surface area contributed by atoms with Gasteiger partial charge in [-0.05, 0) is 18.8 Å². The number of nitrogens with two attached hydrogens (primary N) is 1. The first-order valence-corrected chi connectivity index (χ1v) is 6.71. The van der Waals surface area contributed by atoms with Crippen LogP contribution in [0.5, 0.6) is 0 Å². The molecule has 18 heavy (non-hydrogen) atoms. The van der Waals surface area contributed by atoms with Gasteiger partial charge in [0.1, 0.15) is 18.0 Å². The number of piperidine rings is 1. The molecule has 1 aliphatic rings. The van der Waals surface area contributed by atoms with Crippen LogP contribution in [0.15, 0.2) is 12.4 Å². The van der Waals surface area contributed by atoms with E-state index in [1.165, 1.54) is 0 Å². The Morgan fingerprint density at radius 3 is 2.78 bits per heavy atom. The molecule has 5 heteroatoms. The van der Waals surface area contributed by atoms with Crippen molar-refractivity contribution >= 4 is 11.6 Å². The zero-order valence-corrected chi connectivity index (χ0v) is 11.3. The van der Waals surface area contributed by atoms with E-state index in [-0.39, 0.29) is 0 Å². The number of hydrogen-bond donors (Lipinski definition) is 2. The zero-order chi connectivity index (χ0) is 13.0. The lowest BCUT2D eigenvalue weighted by molar-refractivity contribution is 0.498. The van der Waals surface area contributed by atoms with Gasteiger partial charge in [-0.25, -0.2) is 9.97 Å². The maximum Gasteiger partial charge on any atom is 0.134 e. The monoisotopic (exact) mass is 249 g/mol. The second-order valence-corrected chi connectivity index (χ2v) is 5.36. The van der Waals surface area contributed by atoms with E-state index in [9.17, 15) is 0 Å². The van der Waals surface area contributed by atoms with Crippen molar-refractivity contribution in [1.29, 1.82) is 0 Å². The average molecular weight is 249 g/mol. The smallest absolute Gasteiger partial charge is 0.134 e. The predicted molar refractivity (Wildman–Crippen MR) is 74.8 cm³/mol. The van der Waals surface area contributed by atoms with E-state index < -0.39 is 0 Å². The molecule has 100 valence electrons. The first-order chi connectivity index (χ1) is 8.65. The van der Waals surface area contributed by atoms with E-state index in [4.69, 9.17) is 5.73 Å². The van der Waals surface area contributed by atoms with Gasteiger partial charge in [-0.3, -0.25) is 0 Å². The maximum atomic E-state index is 5.91. The summed E-state index contributed by atoms with van der Waals surface area (Å²) in [6.45, 7) is 7.27. The third-order valence-corrected chi connectivity index (χ3v) is 3.21. The molecule has 1 aromatic rings. The van der Waals surface area contributed by atoms with Gasteiger partial charge in [0.05, 0.1) is 0 Å². The molecule has 0 amide bonds. The number of anilines is 2. The minimum atomic E-state index is 0.349. The summed E-state index contributed by atoms with van der Waals surface area (Å²) in [5.41, 5.74) is 5.91. The van der Waals surface area contributed by atoms with Crippen molar-refractivity contribution in [2.75, 3.05) is 29.9 Å². The molecule has 0 saturated carbocycles. The van der Waals surface area contributed by atoms with Crippen molar-refractivity contribution in [3.63, 3.8) is 0 Å². The van der Waals surface area contributed by atoms with Gasteiger partial charge in [0.2, 0.25) is 0 Å². The fourth-order valence-corrected chi connectivity index (χ4v) is 2.05. The van der Waals surface area contributed by atoms with Crippen LogP contribution in [0, 0.1) is 5.92 Å². The summed E-state index contributed by atoms with van der Waals surface area (Å²) in [5, 5.41) is 3.33. The minimum Gasteiger partial charge on any atom is -0.370 e. The highest BCUT2D eigenvalue weighted by atomic mass is 15.2. The van der Waals surface area contributed by atoms with Crippen LogP contribution in [0.3, 0.4) is 0 Å². The molecule has 1 fully saturated rings. The first kappa shape index (κ1) is 13.1. The van der Waals surface area contributed by atoms with Gasteiger partial charge in [0.15, 0.2) is 0 Å². The Hall–Kier alpha value is -1.36. The summed E-state index contributed by atoms with van der Waals surface area (Å²) < 4.78 is 0. The van der Waals surface area contributed by atoms with Gasteiger partial charge in [0.25, 0.3) is 0 Å². The zero-order valence-electron chi connectivity index (χ0n) is 11.3. The van der Waals surface area contributed by atoms with Gasteiger partial charge in [-0.1, -0.05) is 13.8 Å². The van der Waals surface area contributed by atoms with Gasteiger partial charge >= 0.3 is 0 Å². The van der Waals surface area contributed by atoms with Crippen LogP contribution in [0.25, 0.3) is 0 Å². The number of hydrogen-bond acceptors (Lipinski definition) is 5. The molecule has 3 N–H and O–H groups in total. The summed E-state index contributed by atoms with van der Waals surface area (Å²) >= 11 is 0. The van der Waals surface area contributed by atoms with Crippen LogP contribution in [0.1, 0.15) is 26.7 Å². The fourth-order valence-electron chi connectivity index (χ4n) is 2.05. The standard InChI is InChI=1S/C13H23N5/c1-10(2)8-15-12-7-13(17-9-16-12)18-5-3-11(14)4-6-18/h7,9-11H,3-6,8,14H2,1-2H3,(H,15,16,17). The Morgan fingerprint density at radius 2 is 2.11 bits per heavy atom. The first-order valence-electron chi connectivity index (χ1n) is 6.71. The van der Waals surface area contributed by atoms with Gasteiger partial charge in [-0.2, -0.15) is 0 Å². The van der Waals surface area contributed by atoms with Crippen molar-refractivity contribution in [1.82, 2.24) is 9.97 Å². The molecule has 1 aliphatic heterocycles. The molecule has 1 saturated heterocycles.